The molecule has 1 saturated carbocycles. The highest BCUT2D eigenvalue weighted by Crippen LogP contribution is 2.60. The highest BCUT2D eigenvalue weighted by atomic mass is 16.5. The predicted molar refractivity (Wildman–Crippen MR) is 167 cm³/mol. The summed E-state index contributed by atoms with van der Waals surface area (Å²) in [5, 5.41) is 18.2. The van der Waals surface area contributed by atoms with Gasteiger partial charge in [-0.25, -0.2) is 0 Å². The number of pyridine rings is 2. The first-order chi connectivity index (χ1) is 21.2. The number of aromatic nitrogens is 6. The summed E-state index contributed by atoms with van der Waals surface area (Å²) in [5.74, 6) is 1.05. The van der Waals surface area contributed by atoms with Gasteiger partial charge >= 0.3 is 0 Å². The van der Waals surface area contributed by atoms with Gasteiger partial charge in [0.15, 0.2) is 5.65 Å². The van der Waals surface area contributed by atoms with Crippen molar-refractivity contribution in [3.8, 4) is 28.4 Å². The van der Waals surface area contributed by atoms with Gasteiger partial charge in [-0.2, -0.15) is 4.52 Å². The molecule has 1 fully saturated rings. The summed E-state index contributed by atoms with van der Waals surface area (Å²) in [7, 11) is 1.71. The van der Waals surface area contributed by atoms with Gasteiger partial charge in [-0.3, -0.25) is 9.97 Å². The topological polar surface area (TPSA) is 78.1 Å². The van der Waals surface area contributed by atoms with E-state index in [1.807, 2.05) is 12.3 Å². The van der Waals surface area contributed by atoms with E-state index in [2.05, 4.69) is 89.1 Å². The number of methoxy groups -OCH3 is 1. The minimum Gasteiger partial charge on any atom is -0.480 e. The van der Waals surface area contributed by atoms with Gasteiger partial charge in [0.1, 0.15) is 6.33 Å². The van der Waals surface area contributed by atoms with Crippen LogP contribution >= 0.6 is 0 Å². The maximum atomic E-state index is 6.01. The number of fused-ring (bicyclic) bond motifs is 5. The minimum atomic E-state index is -0.349. The Kier molecular flexibility index (Phi) is 5.21. The van der Waals surface area contributed by atoms with Crippen molar-refractivity contribution in [3.05, 3.63) is 114 Å². The van der Waals surface area contributed by atoms with Gasteiger partial charge < -0.3 is 4.74 Å². The summed E-state index contributed by atoms with van der Waals surface area (Å²) >= 11 is 0. The Balaban J connectivity index is 1.35. The van der Waals surface area contributed by atoms with E-state index < -0.39 is 0 Å². The molecule has 3 aliphatic carbocycles. The monoisotopic (exact) mass is 560 g/mol. The van der Waals surface area contributed by atoms with E-state index in [4.69, 9.17) is 19.8 Å². The zero-order chi connectivity index (χ0) is 28.5. The molecular weight excluding hydrogens is 532 g/mol. The predicted octanol–water partition coefficient (Wildman–Crippen LogP) is 7.52. The van der Waals surface area contributed by atoms with Crippen LogP contribution in [0.15, 0.2) is 97.5 Å². The smallest absolute Gasteiger partial charge is 0.236 e. The van der Waals surface area contributed by atoms with E-state index in [0.29, 0.717) is 11.8 Å². The van der Waals surface area contributed by atoms with Crippen LogP contribution in [-0.4, -0.2) is 36.9 Å². The number of rotatable bonds is 4. The number of ether oxygens (including phenoxy) is 1. The van der Waals surface area contributed by atoms with E-state index in [1.165, 1.54) is 10.9 Å². The van der Waals surface area contributed by atoms with E-state index in [9.17, 15) is 0 Å². The number of nitrogens with zero attached hydrogens (tertiary/aromatic N) is 6. The molecule has 7 aromatic rings. The molecule has 0 saturated heterocycles. The molecule has 10 rings (SSSR count). The number of benzene rings is 3. The van der Waals surface area contributed by atoms with E-state index in [-0.39, 0.29) is 5.41 Å². The maximum absolute atomic E-state index is 6.01. The second-order valence-electron chi connectivity index (χ2n) is 11.8. The van der Waals surface area contributed by atoms with Crippen molar-refractivity contribution in [2.24, 2.45) is 0 Å². The van der Waals surface area contributed by atoms with Crippen LogP contribution in [0.1, 0.15) is 48.4 Å². The van der Waals surface area contributed by atoms with Crippen LogP contribution in [0.4, 0.5) is 0 Å². The number of hydrogen-bond donors (Lipinski definition) is 0. The lowest BCUT2D eigenvalue weighted by molar-refractivity contribution is 0.259. The van der Waals surface area contributed by atoms with Crippen molar-refractivity contribution in [2.75, 3.05) is 7.11 Å². The standard InChI is InChI=1S/C36H28N6O/c1-43-35-31-30(34-40-38-21-42(34)41-35)24-13-16-36(31,17-14-24)33-28-12-11-25(32-27-10-6-5-7-22(27)15-18-37-32)19-26(28)20-29(39-33)23-8-3-2-4-9-23/h2-12,15,18-21,24H,13-14,16-17H2,1H3. The highest BCUT2D eigenvalue weighted by molar-refractivity contribution is 5.98. The highest BCUT2D eigenvalue weighted by Gasteiger charge is 2.51. The van der Waals surface area contributed by atoms with Gasteiger partial charge in [0.2, 0.25) is 5.88 Å². The van der Waals surface area contributed by atoms with E-state index >= 15 is 0 Å². The average molecular weight is 561 g/mol. The molecule has 7 heteroatoms. The van der Waals surface area contributed by atoms with Crippen molar-refractivity contribution < 1.29 is 4.74 Å². The Labute approximate surface area is 248 Å². The molecule has 0 atom stereocenters. The molecule has 3 aliphatic rings. The molecule has 0 amide bonds. The van der Waals surface area contributed by atoms with Crippen LogP contribution in [0, 0.1) is 0 Å². The quantitative estimate of drug-likeness (QED) is 0.222. The molecule has 0 aliphatic heterocycles. The van der Waals surface area contributed by atoms with Crippen LogP contribution in [-0.2, 0) is 5.41 Å². The molecule has 4 heterocycles. The minimum absolute atomic E-state index is 0.349. The molecule has 0 N–H and O–H groups in total. The SMILES string of the molecule is COc1nn2cnnc2c2c1C1(c3nc(-c4ccccc4)cc4cc(-c5nccc6ccccc56)ccc34)CCC2CC1. The summed E-state index contributed by atoms with van der Waals surface area (Å²) in [5.41, 5.74) is 8.07. The lowest BCUT2D eigenvalue weighted by Gasteiger charge is -2.48. The van der Waals surface area contributed by atoms with E-state index in [0.717, 1.165) is 81.3 Å². The Hall–Kier alpha value is -5.17. The normalized spacial score (nSPS) is 19.2. The van der Waals surface area contributed by atoms with Gasteiger partial charge in [0, 0.05) is 44.6 Å². The Morgan fingerprint density at radius 1 is 0.837 bits per heavy atom. The summed E-state index contributed by atoms with van der Waals surface area (Å²) in [6.07, 6.45) is 7.68. The van der Waals surface area contributed by atoms with E-state index in [1.54, 1.807) is 18.0 Å². The third kappa shape index (κ3) is 3.51. The fourth-order valence-electron chi connectivity index (χ4n) is 7.73. The summed E-state index contributed by atoms with van der Waals surface area (Å²) in [4.78, 5) is 10.3. The first kappa shape index (κ1) is 24.4. The second kappa shape index (κ2) is 9.16. The van der Waals surface area contributed by atoms with Crippen LogP contribution in [0.2, 0.25) is 0 Å². The lowest BCUT2D eigenvalue weighted by Crippen LogP contribution is -2.41. The average Bonchev–Trinajstić information content (AvgIpc) is 3.57. The third-order valence-corrected chi connectivity index (χ3v) is 9.67. The Morgan fingerprint density at radius 2 is 1.67 bits per heavy atom. The Morgan fingerprint density at radius 3 is 2.53 bits per heavy atom. The van der Waals surface area contributed by atoms with Crippen LogP contribution in [0.25, 0.3) is 49.7 Å². The third-order valence-electron chi connectivity index (χ3n) is 9.67. The molecule has 4 aromatic heterocycles. The van der Waals surface area contributed by atoms with Crippen molar-refractivity contribution in [1.29, 1.82) is 0 Å². The first-order valence-corrected chi connectivity index (χ1v) is 14.9. The number of hydrogen-bond acceptors (Lipinski definition) is 6. The largest absolute Gasteiger partial charge is 0.480 e. The van der Waals surface area contributed by atoms with Crippen molar-refractivity contribution in [2.45, 2.75) is 37.0 Å². The zero-order valence-electron chi connectivity index (χ0n) is 23.7. The van der Waals surface area contributed by atoms with Crippen LogP contribution in [0.5, 0.6) is 5.88 Å². The first-order valence-electron chi connectivity index (χ1n) is 14.9. The molecule has 43 heavy (non-hydrogen) atoms. The molecule has 208 valence electrons. The molecule has 0 radical (unpaired) electrons. The zero-order valence-corrected chi connectivity index (χ0v) is 23.7. The van der Waals surface area contributed by atoms with Gasteiger partial charge in [-0.05, 0) is 60.6 Å². The second-order valence-corrected chi connectivity index (χ2v) is 11.8. The van der Waals surface area contributed by atoms with Crippen molar-refractivity contribution in [3.63, 3.8) is 0 Å². The lowest BCUT2D eigenvalue weighted by atomic mass is 9.56. The molecule has 7 nitrogen and oxygen atoms in total. The maximum Gasteiger partial charge on any atom is 0.236 e. The fourth-order valence-corrected chi connectivity index (χ4v) is 7.73. The van der Waals surface area contributed by atoms with Crippen molar-refractivity contribution in [1.82, 2.24) is 29.8 Å². The van der Waals surface area contributed by atoms with Crippen LogP contribution < -0.4 is 4.74 Å². The van der Waals surface area contributed by atoms with Gasteiger partial charge in [0.05, 0.1) is 24.2 Å². The van der Waals surface area contributed by atoms with Gasteiger partial charge in [-0.15, -0.1) is 15.3 Å². The molecule has 2 bridgehead atoms. The molecule has 0 unspecified atom stereocenters. The van der Waals surface area contributed by atoms with Gasteiger partial charge in [0.25, 0.3) is 0 Å². The summed E-state index contributed by atoms with van der Waals surface area (Å²) in [6.45, 7) is 0. The Bertz CT molecular complexity index is 2190. The molecular formula is C36H28N6O. The van der Waals surface area contributed by atoms with Gasteiger partial charge in [-0.1, -0.05) is 66.7 Å². The fraction of sp³-hybridized carbons (Fsp3) is 0.194. The van der Waals surface area contributed by atoms with Crippen molar-refractivity contribution >= 4 is 27.2 Å². The summed E-state index contributed by atoms with van der Waals surface area (Å²) in [6, 6.07) is 29.9. The molecule has 3 aromatic carbocycles. The summed E-state index contributed by atoms with van der Waals surface area (Å²) < 4.78 is 7.78. The molecule has 0 spiro atoms. The van der Waals surface area contributed by atoms with Crippen LogP contribution in [0.3, 0.4) is 0 Å².